The van der Waals surface area contributed by atoms with E-state index in [0.717, 1.165) is 11.1 Å². The van der Waals surface area contributed by atoms with Crippen molar-refractivity contribution in [1.82, 2.24) is 0 Å². The predicted molar refractivity (Wildman–Crippen MR) is 139 cm³/mol. The van der Waals surface area contributed by atoms with Gasteiger partial charge in [-0.15, -0.1) is 0 Å². The van der Waals surface area contributed by atoms with Crippen molar-refractivity contribution >= 4 is 11.9 Å². The monoisotopic (exact) mass is 584 g/mol. The number of rotatable bonds is 8. The van der Waals surface area contributed by atoms with Crippen molar-refractivity contribution in [2.75, 3.05) is 19.8 Å². The van der Waals surface area contributed by atoms with E-state index < -0.39 is 77.9 Å². The first-order valence-electron chi connectivity index (χ1n) is 13.9. The molecule has 1 aromatic carbocycles. The minimum absolute atomic E-state index is 0.0163. The molecule has 3 heterocycles. The first-order chi connectivity index (χ1) is 20.0. The van der Waals surface area contributed by atoms with Crippen LogP contribution in [0.4, 0.5) is 0 Å². The minimum atomic E-state index is -1.77. The number of fused-ring (bicyclic) bond motifs is 2. The van der Waals surface area contributed by atoms with Gasteiger partial charge in [-0.3, -0.25) is 4.79 Å². The van der Waals surface area contributed by atoms with Crippen molar-refractivity contribution in [3.63, 3.8) is 0 Å². The summed E-state index contributed by atoms with van der Waals surface area (Å²) in [5.74, 6) is -3.57. The Morgan fingerprint density at radius 3 is 2.57 bits per heavy atom. The number of esters is 2. The fourth-order valence-electron chi connectivity index (χ4n) is 7.16. The Kier molecular flexibility index (Phi) is 6.15. The van der Waals surface area contributed by atoms with Gasteiger partial charge in [0, 0.05) is 12.0 Å². The maximum absolute atomic E-state index is 13.0. The molecule has 0 spiro atoms. The topological polar surface area (TPSA) is 174 Å². The van der Waals surface area contributed by atoms with E-state index in [1.165, 1.54) is 12.2 Å². The maximum atomic E-state index is 13.0. The highest BCUT2D eigenvalue weighted by Gasteiger charge is 2.79. The quantitative estimate of drug-likeness (QED) is 0.253. The van der Waals surface area contributed by atoms with Crippen LogP contribution in [0.15, 0.2) is 53.2 Å². The lowest BCUT2D eigenvalue weighted by Gasteiger charge is -2.52. The van der Waals surface area contributed by atoms with Crippen molar-refractivity contribution in [2.45, 2.75) is 67.6 Å². The van der Waals surface area contributed by atoms with E-state index in [2.05, 4.69) is 0 Å². The number of benzene rings is 1. The van der Waals surface area contributed by atoms with Gasteiger partial charge in [0.2, 0.25) is 5.79 Å². The number of hydrogen-bond donors (Lipinski definition) is 4. The summed E-state index contributed by atoms with van der Waals surface area (Å²) in [6.45, 7) is 0.923. The molecule has 0 radical (unpaired) electrons. The fraction of sp³-hybridized carbons (Fsp3) is 0.533. The third-order valence-corrected chi connectivity index (χ3v) is 9.55. The normalized spacial score (nSPS) is 40.7. The molecule has 1 saturated carbocycles. The summed E-state index contributed by atoms with van der Waals surface area (Å²) in [5, 5.41) is 42.3. The molecule has 12 nitrogen and oxygen atoms in total. The minimum Gasteiger partial charge on any atom is -0.462 e. The number of ether oxygens (including phenoxy) is 5. The summed E-state index contributed by atoms with van der Waals surface area (Å²) < 4.78 is 35.9. The number of aliphatic hydroxyl groups is 4. The second-order valence-electron chi connectivity index (χ2n) is 12.2. The molecule has 42 heavy (non-hydrogen) atoms. The average Bonchev–Trinajstić information content (AvgIpc) is 3.60. The van der Waals surface area contributed by atoms with Crippen LogP contribution in [0.25, 0.3) is 0 Å². The zero-order valence-corrected chi connectivity index (χ0v) is 22.8. The number of carbonyl (C=O) groups is 2. The van der Waals surface area contributed by atoms with Crippen molar-refractivity contribution in [2.24, 2.45) is 11.3 Å². The van der Waals surface area contributed by atoms with Gasteiger partial charge in [0.05, 0.1) is 47.0 Å². The summed E-state index contributed by atoms with van der Waals surface area (Å²) >= 11 is 0. The lowest BCUT2D eigenvalue weighted by atomic mass is 9.74. The Morgan fingerprint density at radius 2 is 1.81 bits per heavy atom. The van der Waals surface area contributed by atoms with Crippen LogP contribution in [0, 0.1) is 11.3 Å². The highest BCUT2D eigenvalue weighted by molar-refractivity contribution is 5.89. The third-order valence-electron chi connectivity index (χ3n) is 9.55. The molecule has 12 heteroatoms. The molecule has 3 aliphatic carbocycles. The SMILES string of the molecule is CC12CC(COC(=O)C3C=CC(O)C(O)C3)(OC1(COC(=O)c1ccccc1)OC13COc4occ(c41)C3)C(O)C2O. The molecule has 9 atom stereocenters. The zero-order valence-electron chi connectivity index (χ0n) is 22.8. The molecule has 9 unspecified atom stereocenters. The lowest BCUT2D eigenvalue weighted by Crippen LogP contribution is -2.67. The van der Waals surface area contributed by atoms with Crippen molar-refractivity contribution in [3.8, 4) is 5.95 Å². The second-order valence-corrected chi connectivity index (χ2v) is 12.2. The van der Waals surface area contributed by atoms with Gasteiger partial charge < -0.3 is 48.5 Å². The molecular formula is C30H32O12. The molecule has 7 rings (SSSR count). The van der Waals surface area contributed by atoms with Gasteiger partial charge >= 0.3 is 11.9 Å². The fourth-order valence-corrected chi connectivity index (χ4v) is 7.16. The Labute approximate surface area is 240 Å². The van der Waals surface area contributed by atoms with Crippen LogP contribution in [0.2, 0.25) is 0 Å². The van der Waals surface area contributed by atoms with Gasteiger partial charge in [0.25, 0.3) is 5.95 Å². The third kappa shape index (κ3) is 3.83. The first-order valence-corrected chi connectivity index (χ1v) is 13.9. The molecule has 5 aliphatic rings. The van der Waals surface area contributed by atoms with Crippen LogP contribution >= 0.6 is 0 Å². The summed E-state index contributed by atoms with van der Waals surface area (Å²) in [5.41, 5.74) is -1.95. The van der Waals surface area contributed by atoms with Gasteiger partial charge in [0.1, 0.15) is 37.1 Å². The smallest absolute Gasteiger partial charge is 0.338 e. The van der Waals surface area contributed by atoms with Crippen molar-refractivity contribution < 1.29 is 58.1 Å². The van der Waals surface area contributed by atoms with Crippen LogP contribution in [0.1, 0.15) is 41.3 Å². The lowest BCUT2D eigenvalue weighted by molar-refractivity contribution is -0.390. The van der Waals surface area contributed by atoms with Gasteiger partial charge in [-0.2, -0.15) is 0 Å². The Hall–Kier alpha value is -3.26. The molecule has 2 bridgehead atoms. The highest BCUT2D eigenvalue weighted by atomic mass is 16.8. The molecular weight excluding hydrogens is 552 g/mol. The molecule has 4 N–H and O–H groups in total. The van der Waals surface area contributed by atoms with Crippen molar-refractivity contribution in [3.05, 3.63) is 65.4 Å². The largest absolute Gasteiger partial charge is 0.462 e. The van der Waals surface area contributed by atoms with E-state index in [1.54, 1.807) is 43.5 Å². The molecule has 0 amide bonds. The average molecular weight is 585 g/mol. The summed E-state index contributed by atoms with van der Waals surface area (Å²) in [7, 11) is 0. The molecule has 2 aromatic rings. The highest BCUT2D eigenvalue weighted by Crippen LogP contribution is 2.66. The van der Waals surface area contributed by atoms with Crippen LogP contribution in [0.3, 0.4) is 0 Å². The van der Waals surface area contributed by atoms with E-state index in [9.17, 15) is 30.0 Å². The van der Waals surface area contributed by atoms with Crippen molar-refractivity contribution in [1.29, 1.82) is 0 Å². The number of furan rings is 1. The van der Waals surface area contributed by atoms with Crippen LogP contribution in [-0.2, 0) is 35.8 Å². The molecule has 224 valence electrons. The molecule has 2 fully saturated rings. The van der Waals surface area contributed by atoms with Crippen LogP contribution < -0.4 is 4.74 Å². The van der Waals surface area contributed by atoms with Gasteiger partial charge in [-0.25, -0.2) is 4.79 Å². The molecule has 1 saturated heterocycles. The summed E-state index contributed by atoms with van der Waals surface area (Å²) in [6, 6.07) is 8.38. The van der Waals surface area contributed by atoms with Gasteiger partial charge in [-0.1, -0.05) is 37.3 Å². The Morgan fingerprint density at radius 1 is 1.02 bits per heavy atom. The maximum Gasteiger partial charge on any atom is 0.338 e. The predicted octanol–water partition coefficient (Wildman–Crippen LogP) is 0.735. The van der Waals surface area contributed by atoms with E-state index in [1.807, 2.05) is 0 Å². The Bertz CT molecular complexity index is 1440. The van der Waals surface area contributed by atoms with E-state index >= 15 is 0 Å². The standard InChI is InChI=1S/C30H32O12/c1-27-12-29(23(34)22(27)33,14-38-25(36)17-7-8-19(31)20(32)9-17)42-30(27,15-39-24(35)16-5-3-2-4-6-16)41-28-10-18-11-37-26(21(18)28)40-13-28/h2-8,11,17,19-20,22-23,31-34H,9-10,12-15H2,1H3. The van der Waals surface area contributed by atoms with Gasteiger partial charge in [-0.05, 0) is 25.0 Å². The number of aliphatic hydroxyl groups excluding tert-OH is 4. The van der Waals surface area contributed by atoms with E-state index in [-0.39, 0.29) is 19.4 Å². The molecule has 2 aliphatic heterocycles. The first kappa shape index (κ1) is 27.6. The van der Waals surface area contributed by atoms with Gasteiger partial charge in [0.15, 0.2) is 0 Å². The van der Waals surface area contributed by atoms with Crippen LogP contribution in [-0.4, -0.2) is 88.0 Å². The molecule has 1 aromatic heterocycles. The summed E-state index contributed by atoms with van der Waals surface area (Å²) in [6.07, 6.45) is -0.247. The van der Waals surface area contributed by atoms with E-state index in [4.69, 9.17) is 28.1 Å². The van der Waals surface area contributed by atoms with E-state index in [0.29, 0.717) is 17.9 Å². The summed E-state index contributed by atoms with van der Waals surface area (Å²) in [4.78, 5) is 25.9. The zero-order chi connectivity index (χ0) is 29.5. The number of carbonyl (C=O) groups excluding carboxylic acids is 2. The second kappa shape index (κ2) is 9.37. The Balaban J connectivity index is 1.18. The number of hydrogen-bond acceptors (Lipinski definition) is 12. The van der Waals surface area contributed by atoms with Crippen LogP contribution in [0.5, 0.6) is 5.95 Å².